The predicted octanol–water partition coefficient (Wildman–Crippen LogP) is 3.30. The first-order valence-electron chi connectivity index (χ1n) is 8.45. The van der Waals surface area contributed by atoms with Crippen LogP contribution in [0.5, 0.6) is 0 Å². The van der Waals surface area contributed by atoms with Crippen LogP contribution in [-0.2, 0) is 28.4 Å². The molecule has 2 heterocycles. The lowest BCUT2D eigenvalue weighted by Crippen LogP contribution is -2.27. The SMILES string of the molecule is CN1CCCc2ccc(S(=O)(=O)NCc3nc(C(C)(C)C)cs3)cc21. The highest BCUT2D eigenvalue weighted by atomic mass is 32.2. The number of aromatic nitrogens is 1. The van der Waals surface area contributed by atoms with Gasteiger partial charge in [-0.05, 0) is 30.5 Å². The smallest absolute Gasteiger partial charge is 0.241 e. The Bertz CT molecular complexity index is 867. The summed E-state index contributed by atoms with van der Waals surface area (Å²) in [6.45, 7) is 7.47. The Morgan fingerprint density at radius 2 is 2.08 bits per heavy atom. The lowest BCUT2D eigenvalue weighted by molar-refractivity contribution is 0.568. The van der Waals surface area contributed by atoms with E-state index in [4.69, 9.17) is 0 Å². The van der Waals surface area contributed by atoms with Gasteiger partial charge in [-0.25, -0.2) is 18.1 Å². The summed E-state index contributed by atoms with van der Waals surface area (Å²) in [5.41, 5.74) is 3.18. The quantitative estimate of drug-likeness (QED) is 0.885. The van der Waals surface area contributed by atoms with E-state index in [2.05, 4.69) is 35.4 Å². The Morgan fingerprint density at radius 3 is 2.76 bits per heavy atom. The van der Waals surface area contributed by atoms with E-state index in [1.54, 1.807) is 12.1 Å². The van der Waals surface area contributed by atoms with Gasteiger partial charge in [-0.3, -0.25) is 0 Å². The zero-order valence-electron chi connectivity index (χ0n) is 15.2. The maximum atomic E-state index is 12.6. The number of rotatable bonds is 4. The van der Waals surface area contributed by atoms with Crippen LogP contribution in [0.4, 0.5) is 5.69 Å². The first-order chi connectivity index (χ1) is 11.7. The van der Waals surface area contributed by atoms with Crippen LogP contribution in [0.2, 0.25) is 0 Å². The number of hydrogen-bond acceptors (Lipinski definition) is 5. The lowest BCUT2D eigenvalue weighted by Gasteiger charge is -2.27. The summed E-state index contributed by atoms with van der Waals surface area (Å²) in [6.07, 6.45) is 2.11. The van der Waals surface area contributed by atoms with Crippen LogP contribution in [0.25, 0.3) is 0 Å². The van der Waals surface area contributed by atoms with Gasteiger partial charge in [-0.15, -0.1) is 11.3 Å². The number of fused-ring (bicyclic) bond motifs is 1. The molecule has 1 aliphatic rings. The molecule has 0 unspecified atom stereocenters. The van der Waals surface area contributed by atoms with E-state index in [0.717, 1.165) is 35.8 Å². The summed E-state index contributed by atoms with van der Waals surface area (Å²) in [7, 11) is -1.55. The summed E-state index contributed by atoms with van der Waals surface area (Å²) in [6, 6.07) is 5.41. The van der Waals surface area contributed by atoms with Crippen molar-refractivity contribution in [2.24, 2.45) is 0 Å². The van der Waals surface area contributed by atoms with Crippen molar-refractivity contribution >= 4 is 27.0 Å². The summed E-state index contributed by atoms with van der Waals surface area (Å²) in [5.74, 6) is 0. The number of thiazole rings is 1. The van der Waals surface area contributed by atoms with Crippen molar-refractivity contribution in [3.63, 3.8) is 0 Å². The lowest BCUT2D eigenvalue weighted by atomic mass is 9.93. The van der Waals surface area contributed by atoms with Gasteiger partial charge in [0.25, 0.3) is 0 Å². The van der Waals surface area contributed by atoms with Crippen LogP contribution in [0.3, 0.4) is 0 Å². The standard InChI is InChI=1S/C18H25N3O2S2/c1-18(2,3)16-12-24-17(20-16)11-19-25(22,23)14-8-7-13-6-5-9-21(4)15(13)10-14/h7-8,10,12,19H,5-6,9,11H2,1-4H3. The monoisotopic (exact) mass is 379 g/mol. The fourth-order valence-corrected chi connectivity index (χ4v) is 4.94. The molecular weight excluding hydrogens is 354 g/mol. The molecule has 1 aromatic carbocycles. The Kier molecular flexibility index (Phi) is 4.92. The van der Waals surface area contributed by atoms with Crippen LogP contribution in [0.1, 0.15) is 43.5 Å². The largest absolute Gasteiger partial charge is 0.374 e. The van der Waals surface area contributed by atoms with Crippen molar-refractivity contribution < 1.29 is 8.42 Å². The molecule has 1 N–H and O–H groups in total. The zero-order chi connectivity index (χ0) is 18.2. The summed E-state index contributed by atoms with van der Waals surface area (Å²) in [5, 5.41) is 2.78. The van der Waals surface area contributed by atoms with E-state index >= 15 is 0 Å². The average molecular weight is 380 g/mol. The second-order valence-corrected chi connectivity index (χ2v) is 10.2. The minimum absolute atomic E-state index is 0.0310. The van der Waals surface area contributed by atoms with Crippen LogP contribution in [0.15, 0.2) is 28.5 Å². The number of anilines is 1. The highest BCUT2D eigenvalue weighted by Gasteiger charge is 2.21. The van der Waals surface area contributed by atoms with Gasteiger partial charge in [0.05, 0.1) is 17.1 Å². The van der Waals surface area contributed by atoms with Gasteiger partial charge in [0.2, 0.25) is 10.0 Å². The second-order valence-electron chi connectivity index (χ2n) is 7.52. The molecule has 136 valence electrons. The molecule has 25 heavy (non-hydrogen) atoms. The third-order valence-corrected chi connectivity index (χ3v) is 6.70. The maximum absolute atomic E-state index is 12.6. The zero-order valence-corrected chi connectivity index (χ0v) is 16.8. The van der Waals surface area contributed by atoms with Gasteiger partial charge in [-0.1, -0.05) is 26.8 Å². The number of aryl methyl sites for hydroxylation is 1. The Morgan fingerprint density at radius 1 is 1.32 bits per heavy atom. The molecule has 0 radical (unpaired) electrons. The number of nitrogens with one attached hydrogen (secondary N) is 1. The molecule has 1 aromatic heterocycles. The minimum Gasteiger partial charge on any atom is -0.374 e. The van der Waals surface area contributed by atoms with Gasteiger partial charge in [-0.2, -0.15) is 0 Å². The number of nitrogens with zero attached hydrogens (tertiary/aromatic N) is 2. The molecule has 3 rings (SSSR count). The highest BCUT2D eigenvalue weighted by Crippen LogP contribution is 2.29. The molecule has 0 fully saturated rings. The van der Waals surface area contributed by atoms with Gasteiger partial charge in [0, 0.05) is 30.1 Å². The van der Waals surface area contributed by atoms with E-state index < -0.39 is 10.0 Å². The molecular formula is C18H25N3O2S2. The van der Waals surface area contributed by atoms with E-state index in [1.807, 2.05) is 18.5 Å². The molecule has 0 aliphatic carbocycles. The first kappa shape index (κ1) is 18.4. The van der Waals surface area contributed by atoms with Gasteiger partial charge >= 0.3 is 0 Å². The van der Waals surface area contributed by atoms with Crippen molar-refractivity contribution in [1.82, 2.24) is 9.71 Å². The average Bonchev–Trinajstić information content (AvgIpc) is 3.02. The normalized spacial score (nSPS) is 15.3. The molecule has 0 bridgehead atoms. The number of hydrogen-bond donors (Lipinski definition) is 1. The minimum atomic E-state index is -3.55. The number of sulfonamides is 1. The van der Waals surface area contributed by atoms with Crippen molar-refractivity contribution in [2.75, 3.05) is 18.5 Å². The van der Waals surface area contributed by atoms with Crippen molar-refractivity contribution in [2.45, 2.75) is 50.5 Å². The van der Waals surface area contributed by atoms with Crippen molar-refractivity contribution in [3.05, 3.63) is 39.8 Å². The van der Waals surface area contributed by atoms with E-state index in [1.165, 1.54) is 16.9 Å². The van der Waals surface area contributed by atoms with Crippen molar-refractivity contribution in [1.29, 1.82) is 0 Å². The molecule has 2 aromatic rings. The topological polar surface area (TPSA) is 62.3 Å². The van der Waals surface area contributed by atoms with Crippen LogP contribution >= 0.6 is 11.3 Å². The van der Waals surface area contributed by atoms with Crippen LogP contribution in [0, 0.1) is 0 Å². The highest BCUT2D eigenvalue weighted by molar-refractivity contribution is 7.89. The van der Waals surface area contributed by atoms with Crippen LogP contribution in [-0.4, -0.2) is 27.0 Å². The predicted molar refractivity (Wildman–Crippen MR) is 103 cm³/mol. The van der Waals surface area contributed by atoms with E-state index in [-0.39, 0.29) is 12.0 Å². The molecule has 0 saturated heterocycles. The molecule has 0 spiro atoms. The molecule has 0 saturated carbocycles. The Balaban J connectivity index is 1.76. The van der Waals surface area contributed by atoms with E-state index in [0.29, 0.717) is 4.90 Å². The summed E-state index contributed by atoms with van der Waals surface area (Å²) >= 11 is 1.49. The van der Waals surface area contributed by atoms with Crippen LogP contribution < -0.4 is 9.62 Å². The molecule has 0 atom stereocenters. The number of benzene rings is 1. The third kappa shape index (κ3) is 4.04. The fourth-order valence-electron chi connectivity index (χ4n) is 2.88. The molecule has 5 nitrogen and oxygen atoms in total. The molecule has 0 amide bonds. The van der Waals surface area contributed by atoms with E-state index in [9.17, 15) is 8.42 Å². The molecule has 1 aliphatic heterocycles. The summed E-state index contributed by atoms with van der Waals surface area (Å²) < 4.78 is 28.0. The summed E-state index contributed by atoms with van der Waals surface area (Å²) in [4.78, 5) is 6.98. The molecule has 7 heteroatoms. The fraction of sp³-hybridized carbons (Fsp3) is 0.500. The third-order valence-electron chi connectivity index (χ3n) is 4.45. The first-order valence-corrected chi connectivity index (χ1v) is 10.8. The Hall–Kier alpha value is -1.44. The van der Waals surface area contributed by atoms with Gasteiger partial charge < -0.3 is 4.90 Å². The van der Waals surface area contributed by atoms with Gasteiger partial charge in [0.15, 0.2) is 0 Å². The second kappa shape index (κ2) is 6.70. The Labute approximate surface area is 154 Å². The van der Waals surface area contributed by atoms with Gasteiger partial charge in [0.1, 0.15) is 5.01 Å². The van der Waals surface area contributed by atoms with Crippen molar-refractivity contribution in [3.8, 4) is 0 Å². The maximum Gasteiger partial charge on any atom is 0.241 e.